The molecule has 1 atom stereocenters. The lowest BCUT2D eigenvalue weighted by Gasteiger charge is -2.15. The average Bonchev–Trinajstić information content (AvgIpc) is 3.51. The summed E-state index contributed by atoms with van der Waals surface area (Å²) in [4.78, 5) is 24.7. The zero-order valence-corrected chi connectivity index (χ0v) is 55.6. The Hall–Kier alpha value is -3.44. The van der Waals surface area contributed by atoms with Gasteiger partial charge in [0.25, 0.3) is 0 Å². The number of hydrogen-bond donors (Lipinski definition) is 1. The second kappa shape index (κ2) is 73.8. The first-order valence-corrected chi connectivity index (χ1v) is 36.4. The molecule has 5 nitrogen and oxygen atoms in total. The van der Waals surface area contributed by atoms with Crippen molar-refractivity contribution in [3.8, 4) is 0 Å². The Morgan fingerprint density at radius 2 is 0.512 bits per heavy atom. The smallest absolute Gasteiger partial charge is 0.306 e. The van der Waals surface area contributed by atoms with Crippen LogP contribution in [0, 0.1) is 0 Å². The minimum absolute atomic E-state index is 0.0648. The van der Waals surface area contributed by atoms with Crippen molar-refractivity contribution in [2.75, 3.05) is 13.2 Å². The second-order valence-corrected chi connectivity index (χ2v) is 24.3. The summed E-state index contributed by atoms with van der Waals surface area (Å²) in [5.74, 6) is -0.576. The highest BCUT2D eigenvalue weighted by atomic mass is 16.6. The molecule has 0 aliphatic carbocycles. The Morgan fingerprint density at radius 3 is 0.774 bits per heavy atom. The summed E-state index contributed by atoms with van der Waals surface area (Å²) in [6.45, 7) is 4.05. The molecule has 0 bridgehead atoms. The van der Waals surface area contributed by atoms with E-state index in [0.29, 0.717) is 12.8 Å². The average molecular weight is 1170 g/mol. The molecule has 0 heterocycles. The highest BCUT2D eigenvalue weighted by molar-refractivity contribution is 5.70. The van der Waals surface area contributed by atoms with E-state index in [1.807, 2.05) is 0 Å². The number of carbonyl (C=O) groups excluding carboxylic acids is 2. The van der Waals surface area contributed by atoms with E-state index in [9.17, 15) is 14.7 Å². The van der Waals surface area contributed by atoms with E-state index in [0.717, 1.165) is 89.9 Å². The molecule has 0 aliphatic heterocycles. The Balaban J connectivity index is 3.44. The number of hydrogen-bond acceptors (Lipinski definition) is 5. The molecule has 1 unspecified atom stereocenters. The maximum absolute atomic E-state index is 12.4. The number of rotatable bonds is 67. The van der Waals surface area contributed by atoms with Crippen LogP contribution >= 0.6 is 0 Å². The van der Waals surface area contributed by atoms with Crippen molar-refractivity contribution in [1.29, 1.82) is 0 Å². The van der Waals surface area contributed by atoms with Crippen LogP contribution in [0.3, 0.4) is 0 Å². The van der Waals surface area contributed by atoms with Gasteiger partial charge in [-0.1, -0.05) is 354 Å². The van der Waals surface area contributed by atoms with E-state index in [2.05, 4.69) is 123 Å². The van der Waals surface area contributed by atoms with Gasteiger partial charge in [0.1, 0.15) is 6.61 Å². The van der Waals surface area contributed by atoms with Gasteiger partial charge in [-0.05, 0) is 103 Å². The van der Waals surface area contributed by atoms with E-state index in [-0.39, 0.29) is 25.2 Å². The fourth-order valence-corrected chi connectivity index (χ4v) is 10.6. The van der Waals surface area contributed by atoms with E-state index in [4.69, 9.17) is 9.47 Å². The number of ether oxygens (including phenoxy) is 2. The fraction of sp³-hybridized carbons (Fsp3) is 0.747. The van der Waals surface area contributed by atoms with Crippen LogP contribution in [-0.4, -0.2) is 36.4 Å². The van der Waals surface area contributed by atoms with Crippen molar-refractivity contribution in [2.45, 2.75) is 367 Å². The van der Waals surface area contributed by atoms with E-state index >= 15 is 0 Å². The third kappa shape index (κ3) is 71.0. The van der Waals surface area contributed by atoms with Crippen LogP contribution in [0.1, 0.15) is 361 Å². The number of carbonyl (C=O) groups is 2. The molecule has 484 valence electrons. The predicted octanol–water partition coefficient (Wildman–Crippen LogP) is 25.5. The van der Waals surface area contributed by atoms with Gasteiger partial charge < -0.3 is 14.6 Å². The Kier molecular flexibility index (Phi) is 70.8. The SMILES string of the molecule is CC/C=C\C/C=C\C/C=C\C/C=C\C/C=C\C/C=C\C/C=C\CCCCCCCCCCCCCCCCCCCC(=O)OC(CO)COC(=O)CCCCCCCCCCCCCCCCCCCCC/C=C\C/C=C\CCCCCCC. The molecule has 1 N–H and O–H groups in total. The van der Waals surface area contributed by atoms with Gasteiger partial charge in [0.05, 0.1) is 6.61 Å². The Morgan fingerprint density at radius 1 is 0.286 bits per heavy atom. The fourth-order valence-electron chi connectivity index (χ4n) is 10.6. The van der Waals surface area contributed by atoms with Crippen molar-refractivity contribution < 1.29 is 24.2 Å². The number of esters is 2. The van der Waals surface area contributed by atoms with Crippen LogP contribution in [0.15, 0.2) is 109 Å². The summed E-state index contributed by atoms with van der Waals surface area (Å²) in [5.41, 5.74) is 0. The third-order valence-electron chi connectivity index (χ3n) is 16.1. The first-order valence-electron chi connectivity index (χ1n) is 36.4. The molecule has 84 heavy (non-hydrogen) atoms. The van der Waals surface area contributed by atoms with Gasteiger partial charge in [-0.3, -0.25) is 9.59 Å². The second-order valence-electron chi connectivity index (χ2n) is 24.3. The summed E-state index contributed by atoms with van der Waals surface area (Å²) in [5, 5.41) is 9.71. The molecule has 0 spiro atoms. The third-order valence-corrected chi connectivity index (χ3v) is 16.1. The molecule has 0 radical (unpaired) electrons. The van der Waals surface area contributed by atoms with Gasteiger partial charge in [0.15, 0.2) is 6.10 Å². The summed E-state index contributed by atoms with van der Waals surface area (Å²) >= 11 is 0. The highest BCUT2D eigenvalue weighted by Crippen LogP contribution is 2.18. The van der Waals surface area contributed by atoms with Crippen LogP contribution in [-0.2, 0) is 19.1 Å². The lowest BCUT2D eigenvalue weighted by molar-refractivity contribution is -0.161. The van der Waals surface area contributed by atoms with Crippen LogP contribution in [0.4, 0.5) is 0 Å². The Labute approximate surface area is 522 Å². The summed E-state index contributed by atoms with van der Waals surface area (Å²) in [6.07, 6.45) is 107. The maximum Gasteiger partial charge on any atom is 0.306 e. The van der Waals surface area contributed by atoms with Crippen molar-refractivity contribution in [2.24, 2.45) is 0 Å². The van der Waals surface area contributed by atoms with Crippen molar-refractivity contribution in [3.63, 3.8) is 0 Å². The standard InChI is InChI=1S/C79H138O5/c1-3-5-7-9-11-13-15-17-19-21-23-25-27-29-31-33-35-36-37-38-39-40-41-42-44-46-48-50-52-54-56-58-60-62-64-66-68-70-72-74-79(82)84-77(75-80)76-83-78(81)73-71-69-67-65-63-61-59-57-55-53-51-49-47-45-43-34-32-30-28-26-24-22-20-18-16-14-12-10-8-6-4-2/h5,7,11,13,16-19,22-25,29,31,35-36,38-39,77,80H,3-4,6,8-10,12,14-15,20-21,26-28,30,32-34,37,40-76H2,1-2H3/b7-5-,13-11-,18-16-,19-17-,24-22-,25-23-,31-29-,36-35-,39-38-. The minimum Gasteiger partial charge on any atom is -0.462 e. The largest absolute Gasteiger partial charge is 0.462 e. The van der Waals surface area contributed by atoms with Crippen molar-refractivity contribution in [1.82, 2.24) is 0 Å². The summed E-state index contributed by atoms with van der Waals surface area (Å²) < 4.78 is 10.8. The molecule has 0 fully saturated rings. The van der Waals surface area contributed by atoms with Crippen LogP contribution in [0.2, 0.25) is 0 Å². The van der Waals surface area contributed by atoms with Crippen LogP contribution < -0.4 is 0 Å². The highest BCUT2D eigenvalue weighted by Gasteiger charge is 2.16. The molecule has 0 aliphatic rings. The number of aliphatic hydroxyl groups excluding tert-OH is 1. The van der Waals surface area contributed by atoms with Crippen molar-refractivity contribution >= 4 is 11.9 Å². The summed E-state index contributed by atoms with van der Waals surface area (Å²) in [7, 11) is 0. The molecule has 0 aromatic rings. The zero-order valence-electron chi connectivity index (χ0n) is 55.6. The van der Waals surface area contributed by atoms with Crippen molar-refractivity contribution in [3.05, 3.63) is 109 Å². The van der Waals surface area contributed by atoms with Crippen LogP contribution in [0.5, 0.6) is 0 Å². The molecule has 0 aromatic carbocycles. The lowest BCUT2D eigenvalue weighted by atomic mass is 10.0. The molecule has 5 heteroatoms. The molecular weight excluding hydrogens is 1030 g/mol. The van der Waals surface area contributed by atoms with Gasteiger partial charge in [-0.15, -0.1) is 0 Å². The van der Waals surface area contributed by atoms with E-state index < -0.39 is 6.10 Å². The molecule has 0 aromatic heterocycles. The van der Waals surface area contributed by atoms with Gasteiger partial charge in [-0.2, -0.15) is 0 Å². The molecule has 0 rings (SSSR count). The number of allylic oxidation sites excluding steroid dienone is 18. The van der Waals surface area contributed by atoms with E-state index in [1.54, 1.807) is 0 Å². The molecule has 0 saturated carbocycles. The molecular formula is C79H138O5. The topological polar surface area (TPSA) is 72.8 Å². The van der Waals surface area contributed by atoms with Gasteiger partial charge in [-0.25, -0.2) is 0 Å². The predicted molar refractivity (Wildman–Crippen MR) is 371 cm³/mol. The number of aliphatic hydroxyl groups is 1. The molecule has 0 saturated heterocycles. The van der Waals surface area contributed by atoms with Crippen LogP contribution in [0.25, 0.3) is 0 Å². The quantitative estimate of drug-likeness (QED) is 0.0373. The Bertz CT molecular complexity index is 1610. The van der Waals surface area contributed by atoms with Gasteiger partial charge in [0, 0.05) is 12.8 Å². The normalized spacial score (nSPS) is 12.8. The first-order chi connectivity index (χ1) is 41.6. The van der Waals surface area contributed by atoms with Gasteiger partial charge >= 0.3 is 11.9 Å². The van der Waals surface area contributed by atoms with E-state index in [1.165, 1.54) is 244 Å². The maximum atomic E-state index is 12.4. The van der Waals surface area contributed by atoms with Gasteiger partial charge in [0.2, 0.25) is 0 Å². The lowest BCUT2D eigenvalue weighted by Crippen LogP contribution is -2.28. The zero-order chi connectivity index (χ0) is 60.5. The monoisotopic (exact) mass is 1170 g/mol. The first kappa shape index (κ1) is 80.6. The number of unbranched alkanes of at least 4 members (excludes halogenated alkanes) is 41. The minimum atomic E-state index is -0.776. The summed E-state index contributed by atoms with van der Waals surface area (Å²) in [6, 6.07) is 0. The molecule has 0 amide bonds.